The number of rotatable bonds is 3. The molecule has 1 aliphatic heterocycles. The fourth-order valence-corrected chi connectivity index (χ4v) is 6.03. The molecule has 0 saturated heterocycles. The van der Waals surface area contributed by atoms with E-state index in [0.717, 1.165) is 27.0 Å². The Labute approximate surface area is 203 Å². The molecule has 0 saturated carbocycles. The van der Waals surface area contributed by atoms with E-state index in [1.807, 2.05) is 54.6 Å². The lowest BCUT2D eigenvalue weighted by Crippen LogP contribution is -2.42. The molecule has 1 aromatic heterocycles. The van der Waals surface area contributed by atoms with Gasteiger partial charge >= 0.3 is 0 Å². The molecule has 2 aliphatic rings. The van der Waals surface area contributed by atoms with E-state index < -0.39 is 6.04 Å². The number of methoxy groups -OCH3 is 1. The first kappa shape index (κ1) is 22.0. The third kappa shape index (κ3) is 4.04. The van der Waals surface area contributed by atoms with Gasteiger partial charge < -0.3 is 4.74 Å². The van der Waals surface area contributed by atoms with Gasteiger partial charge in [-0.3, -0.25) is 14.2 Å². The van der Waals surface area contributed by atoms with E-state index in [0.29, 0.717) is 27.7 Å². The Balaban J connectivity index is 1.74. The number of aromatic nitrogens is 1. The molecule has 168 valence electrons. The van der Waals surface area contributed by atoms with Gasteiger partial charge in [-0.2, -0.15) is 0 Å². The van der Waals surface area contributed by atoms with E-state index in [1.54, 1.807) is 11.7 Å². The van der Waals surface area contributed by atoms with Crippen molar-refractivity contribution >= 4 is 39.1 Å². The van der Waals surface area contributed by atoms with E-state index in [2.05, 4.69) is 29.8 Å². The molecule has 0 bridgehead atoms. The van der Waals surface area contributed by atoms with Crippen molar-refractivity contribution in [3.63, 3.8) is 0 Å². The minimum atomic E-state index is -0.477. The van der Waals surface area contributed by atoms with Crippen LogP contribution in [0.3, 0.4) is 0 Å². The molecule has 0 radical (unpaired) electrons. The van der Waals surface area contributed by atoms with Crippen LogP contribution in [0, 0.1) is 5.41 Å². The zero-order chi connectivity index (χ0) is 23.3. The Bertz CT molecular complexity index is 1480. The fraction of sp³-hybridized carbons (Fsp3) is 0.269. The summed E-state index contributed by atoms with van der Waals surface area (Å²) in [5, 5.41) is 0. The maximum atomic E-state index is 13.6. The number of carbonyl (C=O) groups is 1. The number of carbonyl (C=O) groups excluding carboxylic acids is 1. The number of hydrogen-bond donors (Lipinski definition) is 0. The summed E-state index contributed by atoms with van der Waals surface area (Å²) in [5.41, 5.74) is 2.97. The SMILES string of the molecule is COc1ccc(C=c2sc3n(c2=O)C(c2cccc(Br)c2)C2=C(CC(C)(C)CC2=O)N=3)cc1. The molecule has 7 heteroatoms. The molecule has 0 N–H and O–H groups in total. The molecule has 1 unspecified atom stereocenters. The van der Waals surface area contributed by atoms with Crippen molar-refractivity contribution in [3.8, 4) is 5.75 Å². The van der Waals surface area contributed by atoms with Crippen molar-refractivity contribution < 1.29 is 9.53 Å². The van der Waals surface area contributed by atoms with Crippen LogP contribution in [0.25, 0.3) is 6.08 Å². The average Bonchev–Trinajstić information content (AvgIpc) is 3.06. The normalized spacial score (nSPS) is 19.7. The van der Waals surface area contributed by atoms with Crippen LogP contribution in [-0.4, -0.2) is 17.5 Å². The van der Waals surface area contributed by atoms with Gasteiger partial charge in [-0.05, 0) is 53.3 Å². The van der Waals surface area contributed by atoms with Crippen molar-refractivity contribution in [1.29, 1.82) is 0 Å². The first-order chi connectivity index (χ1) is 15.8. The maximum absolute atomic E-state index is 13.6. The largest absolute Gasteiger partial charge is 0.497 e. The van der Waals surface area contributed by atoms with E-state index in [1.165, 1.54) is 11.3 Å². The summed E-state index contributed by atoms with van der Waals surface area (Å²) in [6.07, 6.45) is 3.03. The highest BCUT2D eigenvalue weighted by Gasteiger charge is 2.40. The van der Waals surface area contributed by atoms with E-state index in [4.69, 9.17) is 9.73 Å². The molecular formula is C26H23BrN2O3S. The van der Waals surface area contributed by atoms with Gasteiger partial charge in [0, 0.05) is 16.5 Å². The second-order valence-corrected chi connectivity index (χ2v) is 11.1. The summed E-state index contributed by atoms with van der Waals surface area (Å²) in [5.74, 6) is 0.830. The summed E-state index contributed by atoms with van der Waals surface area (Å²) in [6.45, 7) is 4.19. The molecule has 1 aliphatic carbocycles. The lowest BCUT2D eigenvalue weighted by atomic mass is 9.73. The average molecular weight is 523 g/mol. The number of Topliss-reactive ketones (excluding diaryl/α,β-unsaturated/α-hetero) is 1. The van der Waals surface area contributed by atoms with Crippen molar-refractivity contribution in [2.24, 2.45) is 10.4 Å². The van der Waals surface area contributed by atoms with E-state index >= 15 is 0 Å². The molecule has 3 aromatic rings. The van der Waals surface area contributed by atoms with Gasteiger partial charge in [0.1, 0.15) is 5.75 Å². The Morgan fingerprint density at radius 2 is 1.91 bits per heavy atom. The van der Waals surface area contributed by atoms with Crippen LogP contribution in [0.15, 0.2) is 74.1 Å². The first-order valence-electron chi connectivity index (χ1n) is 10.7. The van der Waals surface area contributed by atoms with Gasteiger partial charge in [-0.25, -0.2) is 4.99 Å². The molecule has 1 atom stereocenters. The molecule has 0 spiro atoms. The van der Waals surface area contributed by atoms with Crippen molar-refractivity contribution in [2.75, 3.05) is 7.11 Å². The number of halogens is 1. The topological polar surface area (TPSA) is 60.7 Å². The Kier molecular flexibility index (Phi) is 5.49. The minimum absolute atomic E-state index is 0.0689. The molecule has 2 aromatic carbocycles. The number of fused-ring (bicyclic) bond motifs is 1. The van der Waals surface area contributed by atoms with Crippen LogP contribution in [0.5, 0.6) is 5.75 Å². The Morgan fingerprint density at radius 3 is 2.61 bits per heavy atom. The van der Waals surface area contributed by atoms with Crippen LogP contribution >= 0.6 is 27.3 Å². The van der Waals surface area contributed by atoms with Crippen LogP contribution < -0.4 is 19.6 Å². The highest BCUT2D eigenvalue weighted by Crippen LogP contribution is 2.43. The second-order valence-electron chi connectivity index (χ2n) is 9.21. The number of ketones is 1. The number of nitrogens with zero attached hydrogens (tertiary/aromatic N) is 2. The lowest BCUT2D eigenvalue weighted by Gasteiger charge is -2.35. The molecular weight excluding hydrogens is 500 g/mol. The highest BCUT2D eigenvalue weighted by atomic mass is 79.9. The van der Waals surface area contributed by atoms with Gasteiger partial charge in [0.05, 0.1) is 23.4 Å². The number of benzene rings is 2. The predicted molar refractivity (Wildman–Crippen MR) is 133 cm³/mol. The van der Waals surface area contributed by atoms with Crippen LogP contribution in [-0.2, 0) is 4.79 Å². The third-order valence-corrected chi connectivity index (χ3v) is 7.55. The molecule has 0 amide bonds. The zero-order valence-corrected chi connectivity index (χ0v) is 21.0. The number of thiazole rings is 1. The summed E-state index contributed by atoms with van der Waals surface area (Å²) >= 11 is 4.91. The summed E-state index contributed by atoms with van der Waals surface area (Å²) in [4.78, 5) is 32.4. The predicted octanol–water partition coefficient (Wildman–Crippen LogP) is 4.38. The second kappa shape index (κ2) is 8.22. The van der Waals surface area contributed by atoms with Gasteiger partial charge in [-0.1, -0.05) is 65.4 Å². The minimum Gasteiger partial charge on any atom is -0.497 e. The van der Waals surface area contributed by atoms with Crippen molar-refractivity contribution in [3.05, 3.63) is 95.1 Å². The van der Waals surface area contributed by atoms with Crippen molar-refractivity contribution in [1.82, 2.24) is 4.57 Å². The monoisotopic (exact) mass is 522 g/mol. The molecule has 5 rings (SSSR count). The highest BCUT2D eigenvalue weighted by molar-refractivity contribution is 9.10. The Morgan fingerprint density at radius 1 is 1.15 bits per heavy atom. The van der Waals surface area contributed by atoms with Gasteiger partial charge in [0.25, 0.3) is 5.56 Å². The quantitative estimate of drug-likeness (QED) is 0.512. The summed E-state index contributed by atoms with van der Waals surface area (Å²) in [7, 11) is 1.62. The molecule has 2 heterocycles. The zero-order valence-electron chi connectivity index (χ0n) is 18.6. The number of allylic oxidation sites excluding steroid dienone is 2. The Hall–Kier alpha value is -2.77. The lowest BCUT2D eigenvalue weighted by molar-refractivity contribution is -0.118. The molecule has 0 fully saturated rings. The standard InChI is InChI=1S/C26H23BrN2O3S/c1-26(2)13-19-22(20(30)14-26)23(16-5-4-6-17(27)12-16)29-24(31)21(33-25(29)28-19)11-15-7-9-18(32-3)10-8-15/h4-12,23H,13-14H2,1-3H3. The number of ether oxygens (including phenoxy) is 1. The van der Waals surface area contributed by atoms with Crippen molar-refractivity contribution in [2.45, 2.75) is 32.7 Å². The van der Waals surface area contributed by atoms with Gasteiger partial charge in [0.15, 0.2) is 10.6 Å². The van der Waals surface area contributed by atoms with E-state index in [9.17, 15) is 9.59 Å². The maximum Gasteiger partial charge on any atom is 0.271 e. The van der Waals surface area contributed by atoms with Crippen LogP contribution in [0.4, 0.5) is 0 Å². The van der Waals surface area contributed by atoms with Gasteiger partial charge in [-0.15, -0.1) is 0 Å². The number of hydrogen-bond acceptors (Lipinski definition) is 5. The molecule has 33 heavy (non-hydrogen) atoms. The summed E-state index contributed by atoms with van der Waals surface area (Å²) < 4.78 is 8.42. The van der Waals surface area contributed by atoms with E-state index in [-0.39, 0.29) is 16.8 Å². The molecule has 5 nitrogen and oxygen atoms in total. The smallest absolute Gasteiger partial charge is 0.271 e. The van der Waals surface area contributed by atoms with Crippen LogP contribution in [0.2, 0.25) is 0 Å². The third-order valence-electron chi connectivity index (χ3n) is 6.07. The van der Waals surface area contributed by atoms with Crippen LogP contribution in [0.1, 0.15) is 43.9 Å². The summed E-state index contributed by atoms with van der Waals surface area (Å²) in [6, 6.07) is 14.9. The fourth-order valence-electron chi connectivity index (χ4n) is 4.59. The van der Waals surface area contributed by atoms with Gasteiger partial charge in [0.2, 0.25) is 0 Å². The first-order valence-corrected chi connectivity index (χ1v) is 12.3.